The molecule has 1 fully saturated rings. The monoisotopic (exact) mass is 184 g/mol. The van der Waals surface area contributed by atoms with Gasteiger partial charge in [-0.15, -0.1) is 0 Å². The van der Waals surface area contributed by atoms with Crippen LogP contribution in [0.15, 0.2) is 0 Å². The van der Waals surface area contributed by atoms with Crippen LogP contribution in [-0.2, 0) is 4.79 Å². The number of hydrogen-bond acceptors (Lipinski definition) is 2. The zero-order chi connectivity index (χ0) is 9.68. The molecule has 0 aromatic rings. The molecule has 2 N–H and O–H groups in total. The summed E-state index contributed by atoms with van der Waals surface area (Å²) in [4.78, 5) is 13.3. The first-order valence-electron chi connectivity index (χ1n) is 5.27. The van der Waals surface area contributed by atoms with Crippen molar-refractivity contribution in [2.45, 2.75) is 45.1 Å². The van der Waals surface area contributed by atoms with Crippen LogP contribution in [0.25, 0.3) is 0 Å². The van der Waals surface area contributed by atoms with Gasteiger partial charge in [0.15, 0.2) is 0 Å². The summed E-state index contributed by atoms with van der Waals surface area (Å²) in [5.74, 6) is 0.290. The number of unbranched alkanes of at least 4 members (excludes halogenated alkanes) is 2. The van der Waals surface area contributed by atoms with Crippen molar-refractivity contribution in [2.75, 3.05) is 13.1 Å². The molecule has 0 aromatic carbocycles. The number of carbonyl (C=O) groups is 1. The lowest BCUT2D eigenvalue weighted by molar-refractivity contribution is -0.133. The summed E-state index contributed by atoms with van der Waals surface area (Å²) in [6.07, 6.45) is 5.04. The van der Waals surface area contributed by atoms with Gasteiger partial charge in [0.2, 0.25) is 5.91 Å². The fourth-order valence-corrected chi connectivity index (χ4v) is 1.71. The molecule has 1 aliphatic rings. The molecule has 0 aromatic heterocycles. The second kappa shape index (κ2) is 5.22. The first kappa shape index (κ1) is 10.5. The largest absolute Gasteiger partial charge is 0.341 e. The third-order valence-electron chi connectivity index (χ3n) is 2.57. The molecule has 1 heterocycles. The summed E-state index contributed by atoms with van der Waals surface area (Å²) in [5.41, 5.74) is 5.80. The Balaban J connectivity index is 2.25. The maximum Gasteiger partial charge on any atom is 0.222 e. The average molecular weight is 184 g/mol. The molecule has 0 aliphatic carbocycles. The van der Waals surface area contributed by atoms with Crippen LogP contribution < -0.4 is 5.73 Å². The zero-order valence-electron chi connectivity index (χ0n) is 8.46. The van der Waals surface area contributed by atoms with E-state index in [4.69, 9.17) is 5.73 Å². The molecule has 76 valence electrons. The van der Waals surface area contributed by atoms with Crippen LogP contribution in [0.1, 0.15) is 39.0 Å². The van der Waals surface area contributed by atoms with E-state index in [1.54, 1.807) is 0 Å². The van der Waals surface area contributed by atoms with Gasteiger partial charge in [-0.2, -0.15) is 0 Å². The van der Waals surface area contributed by atoms with Crippen LogP contribution in [0, 0.1) is 0 Å². The number of likely N-dealkylation sites (tertiary alicyclic amines) is 1. The highest BCUT2D eigenvalue weighted by atomic mass is 16.2. The molecule has 3 heteroatoms. The molecule has 3 nitrogen and oxygen atoms in total. The zero-order valence-corrected chi connectivity index (χ0v) is 8.46. The highest BCUT2D eigenvalue weighted by Crippen LogP contribution is 2.10. The molecule has 1 unspecified atom stereocenters. The highest BCUT2D eigenvalue weighted by molar-refractivity contribution is 5.77. The summed E-state index contributed by atoms with van der Waals surface area (Å²) in [6, 6.07) is 0.208. The minimum atomic E-state index is 0.208. The van der Waals surface area contributed by atoms with Crippen molar-refractivity contribution in [2.24, 2.45) is 5.73 Å². The summed E-state index contributed by atoms with van der Waals surface area (Å²) >= 11 is 0. The van der Waals surface area contributed by atoms with Gasteiger partial charge in [0.25, 0.3) is 0 Å². The lowest BCUT2D eigenvalue weighted by Crippen LogP contribution is -2.46. The van der Waals surface area contributed by atoms with Gasteiger partial charge < -0.3 is 10.6 Å². The van der Waals surface area contributed by atoms with E-state index in [1.165, 1.54) is 12.8 Å². The Labute approximate surface area is 80.3 Å². The van der Waals surface area contributed by atoms with Gasteiger partial charge >= 0.3 is 0 Å². The van der Waals surface area contributed by atoms with Crippen molar-refractivity contribution in [1.29, 1.82) is 0 Å². The first-order chi connectivity index (χ1) is 6.24. The van der Waals surface area contributed by atoms with Crippen molar-refractivity contribution < 1.29 is 4.79 Å². The molecule has 0 spiro atoms. The Bertz CT molecular complexity index is 170. The third kappa shape index (κ3) is 3.35. The Kier molecular flexibility index (Phi) is 4.22. The molecule has 1 saturated heterocycles. The number of rotatable bonds is 4. The topological polar surface area (TPSA) is 46.3 Å². The van der Waals surface area contributed by atoms with E-state index in [-0.39, 0.29) is 11.9 Å². The van der Waals surface area contributed by atoms with E-state index in [2.05, 4.69) is 6.92 Å². The van der Waals surface area contributed by atoms with Crippen LogP contribution in [0.2, 0.25) is 0 Å². The molecular formula is C10H20N2O. The molecule has 1 atom stereocenters. The van der Waals surface area contributed by atoms with Crippen molar-refractivity contribution in [3.63, 3.8) is 0 Å². The third-order valence-corrected chi connectivity index (χ3v) is 2.57. The smallest absolute Gasteiger partial charge is 0.222 e. The summed E-state index contributed by atoms with van der Waals surface area (Å²) in [5, 5.41) is 0. The maximum absolute atomic E-state index is 11.4. The summed E-state index contributed by atoms with van der Waals surface area (Å²) in [7, 11) is 0. The predicted octanol–water partition coefficient (Wildman–Crippen LogP) is 1.13. The van der Waals surface area contributed by atoms with Crippen molar-refractivity contribution in [3.8, 4) is 0 Å². The van der Waals surface area contributed by atoms with E-state index in [9.17, 15) is 4.79 Å². The number of hydrogen-bond donors (Lipinski definition) is 1. The quantitative estimate of drug-likeness (QED) is 0.666. The van der Waals surface area contributed by atoms with Crippen LogP contribution >= 0.6 is 0 Å². The summed E-state index contributed by atoms with van der Waals surface area (Å²) < 4.78 is 0. The molecule has 0 saturated carbocycles. The standard InChI is InChI=1S/C10H20N2O/c1-2-3-4-7-12-8-9(11)5-6-10(12)13/h9H,2-8,11H2,1H3. The molecule has 0 radical (unpaired) electrons. The number of nitrogens with zero attached hydrogens (tertiary/aromatic N) is 1. The first-order valence-corrected chi connectivity index (χ1v) is 5.27. The Hall–Kier alpha value is -0.570. The van der Waals surface area contributed by atoms with Gasteiger partial charge in [0.1, 0.15) is 0 Å². The van der Waals surface area contributed by atoms with E-state index in [1.807, 2.05) is 4.90 Å². The lowest BCUT2D eigenvalue weighted by Gasteiger charge is -2.30. The van der Waals surface area contributed by atoms with Crippen molar-refractivity contribution in [1.82, 2.24) is 4.90 Å². The molecule has 1 aliphatic heterocycles. The molecule has 1 amide bonds. The normalized spacial score (nSPS) is 23.7. The van der Waals surface area contributed by atoms with Gasteiger partial charge in [0, 0.05) is 25.6 Å². The van der Waals surface area contributed by atoms with Crippen LogP contribution in [0.5, 0.6) is 0 Å². The van der Waals surface area contributed by atoms with Crippen LogP contribution in [-0.4, -0.2) is 29.9 Å². The van der Waals surface area contributed by atoms with E-state index < -0.39 is 0 Å². The van der Waals surface area contributed by atoms with Gasteiger partial charge in [0.05, 0.1) is 0 Å². The second-order valence-corrected chi connectivity index (χ2v) is 3.85. The van der Waals surface area contributed by atoms with Gasteiger partial charge in [-0.25, -0.2) is 0 Å². The maximum atomic E-state index is 11.4. The molecule has 13 heavy (non-hydrogen) atoms. The van der Waals surface area contributed by atoms with E-state index in [0.29, 0.717) is 6.42 Å². The molecule has 0 bridgehead atoms. The van der Waals surface area contributed by atoms with Crippen molar-refractivity contribution >= 4 is 5.91 Å². The highest BCUT2D eigenvalue weighted by Gasteiger charge is 2.22. The van der Waals surface area contributed by atoms with E-state index >= 15 is 0 Å². The lowest BCUT2D eigenvalue weighted by atomic mass is 10.1. The number of nitrogens with two attached hydrogens (primary N) is 1. The van der Waals surface area contributed by atoms with Crippen LogP contribution in [0.4, 0.5) is 0 Å². The second-order valence-electron chi connectivity index (χ2n) is 3.85. The van der Waals surface area contributed by atoms with Gasteiger partial charge in [-0.1, -0.05) is 19.8 Å². The van der Waals surface area contributed by atoms with E-state index in [0.717, 1.165) is 25.9 Å². The molecule has 1 rings (SSSR count). The average Bonchev–Trinajstić information content (AvgIpc) is 2.11. The van der Waals surface area contributed by atoms with Crippen LogP contribution in [0.3, 0.4) is 0 Å². The minimum Gasteiger partial charge on any atom is -0.341 e. The van der Waals surface area contributed by atoms with Gasteiger partial charge in [-0.3, -0.25) is 4.79 Å². The Morgan fingerprint density at radius 2 is 2.31 bits per heavy atom. The molecular weight excluding hydrogens is 164 g/mol. The number of amides is 1. The Morgan fingerprint density at radius 3 is 3.00 bits per heavy atom. The Morgan fingerprint density at radius 1 is 1.54 bits per heavy atom. The fourth-order valence-electron chi connectivity index (χ4n) is 1.71. The summed E-state index contributed by atoms with van der Waals surface area (Å²) in [6.45, 7) is 3.84. The number of piperidine rings is 1. The predicted molar refractivity (Wildman–Crippen MR) is 53.3 cm³/mol. The van der Waals surface area contributed by atoms with Crippen molar-refractivity contribution in [3.05, 3.63) is 0 Å². The minimum absolute atomic E-state index is 0.208. The van der Waals surface area contributed by atoms with Gasteiger partial charge in [-0.05, 0) is 12.8 Å². The SMILES string of the molecule is CCCCCN1CC(N)CCC1=O. The fraction of sp³-hybridized carbons (Fsp3) is 0.900. The number of carbonyl (C=O) groups excluding carboxylic acids is 1.